The Morgan fingerprint density at radius 1 is 1.20 bits per heavy atom. The number of ether oxygens (including phenoxy) is 1. The van der Waals surface area contributed by atoms with Crippen molar-refractivity contribution in [3.8, 4) is 17.0 Å². The number of pyridine rings is 1. The van der Waals surface area contributed by atoms with E-state index >= 15 is 0 Å². The molecule has 2 rings (SSSR count). The molecule has 0 fully saturated rings. The van der Waals surface area contributed by atoms with Gasteiger partial charge < -0.3 is 15.9 Å². The van der Waals surface area contributed by atoms with Gasteiger partial charge in [0.25, 0.3) is 0 Å². The summed E-state index contributed by atoms with van der Waals surface area (Å²) >= 11 is 3.25. The zero-order chi connectivity index (χ0) is 14.5. The highest BCUT2D eigenvalue weighted by molar-refractivity contribution is 9.12. The summed E-state index contributed by atoms with van der Waals surface area (Å²) in [6.07, 6.45) is 2.94. The lowest BCUT2D eigenvalue weighted by Gasteiger charge is -2.06. The standard InChI is InChI=1S/C15H14BrN3O/c1-20-14-7-6-12(9-19-14)10-2-4-11(5-3-10)15(18)13(16)8-17/h2-9,17H,18H2,1H3. The van der Waals surface area contributed by atoms with Crippen LogP contribution in [0.3, 0.4) is 0 Å². The number of halogens is 1. The summed E-state index contributed by atoms with van der Waals surface area (Å²) in [7, 11) is 1.59. The number of nitrogens with two attached hydrogens (primary N) is 1. The van der Waals surface area contributed by atoms with Gasteiger partial charge in [-0.3, -0.25) is 0 Å². The van der Waals surface area contributed by atoms with E-state index in [0.29, 0.717) is 16.1 Å². The first-order chi connectivity index (χ1) is 9.65. The maximum atomic E-state index is 7.17. The van der Waals surface area contributed by atoms with E-state index in [0.717, 1.165) is 16.7 Å². The zero-order valence-corrected chi connectivity index (χ0v) is 12.5. The van der Waals surface area contributed by atoms with Crippen LogP contribution in [-0.2, 0) is 0 Å². The number of aromatic nitrogens is 1. The van der Waals surface area contributed by atoms with Crippen LogP contribution in [-0.4, -0.2) is 18.3 Å². The second-order valence-electron chi connectivity index (χ2n) is 4.07. The van der Waals surface area contributed by atoms with Crippen LogP contribution in [0.15, 0.2) is 47.1 Å². The van der Waals surface area contributed by atoms with E-state index in [1.54, 1.807) is 13.3 Å². The van der Waals surface area contributed by atoms with Crippen molar-refractivity contribution >= 4 is 27.8 Å². The number of nitrogens with one attached hydrogen (secondary N) is 1. The van der Waals surface area contributed by atoms with Gasteiger partial charge in [0, 0.05) is 24.0 Å². The van der Waals surface area contributed by atoms with Crippen molar-refractivity contribution < 1.29 is 4.74 Å². The Bertz CT molecular complexity index is 633. The van der Waals surface area contributed by atoms with Gasteiger partial charge in [-0.1, -0.05) is 24.3 Å². The molecule has 0 atom stereocenters. The first-order valence-electron chi connectivity index (χ1n) is 5.92. The molecular weight excluding hydrogens is 318 g/mol. The molecule has 102 valence electrons. The molecule has 0 saturated heterocycles. The first-order valence-corrected chi connectivity index (χ1v) is 6.71. The predicted molar refractivity (Wildman–Crippen MR) is 85.0 cm³/mol. The average molecular weight is 332 g/mol. The lowest BCUT2D eigenvalue weighted by molar-refractivity contribution is 0.398. The van der Waals surface area contributed by atoms with Crippen LogP contribution < -0.4 is 10.5 Å². The second kappa shape index (κ2) is 6.34. The van der Waals surface area contributed by atoms with Gasteiger partial charge in [-0.05, 0) is 33.1 Å². The van der Waals surface area contributed by atoms with Crippen LogP contribution in [0.1, 0.15) is 5.56 Å². The summed E-state index contributed by atoms with van der Waals surface area (Å²) in [5.74, 6) is 0.590. The lowest BCUT2D eigenvalue weighted by Crippen LogP contribution is -1.99. The maximum Gasteiger partial charge on any atom is 0.212 e. The number of hydrogen-bond acceptors (Lipinski definition) is 4. The molecule has 0 aliphatic rings. The highest BCUT2D eigenvalue weighted by atomic mass is 79.9. The summed E-state index contributed by atoms with van der Waals surface area (Å²) in [4.78, 5) is 4.18. The molecule has 3 N–H and O–H groups in total. The minimum atomic E-state index is 0.541. The van der Waals surface area contributed by atoms with Crippen LogP contribution in [0.25, 0.3) is 16.8 Å². The van der Waals surface area contributed by atoms with Crippen molar-refractivity contribution in [2.45, 2.75) is 0 Å². The molecule has 0 unspecified atom stereocenters. The highest BCUT2D eigenvalue weighted by Crippen LogP contribution is 2.23. The van der Waals surface area contributed by atoms with Crippen molar-refractivity contribution in [1.29, 1.82) is 5.41 Å². The van der Waals surface area contributed by atoms with Gasteiger partial charge in [-0.25, -0.2) is 4.98 Å². The van der Waals surface area contributed by atoms with Gasteiger partial charge in [-0.2, -0.15) is 0 Å². The molecule has 2 aromatic rings. The molecule has 0 amide bonds. The summed E-state index contributed by atoms with van der Waals surface area (Å²) in [6.45, 7) is 0. The van der Waals surface area contributed by atoms with Gasteiger partial charge in [0.1, 0.15) is 0 Å². The predicted octanol–water partition coefficient (Wildman–Crippen LogP) is 3.43. The molecule has 0 bridgehead atoms. The molecule has 0 aliphatic heterocycles. The van der Waals surface area contributed by atoms with Crippen LogP contribution in [0.4, 0.5) is 0 Å². The highest BCUT2D eigenvalue weighted by Gasteiger charge is 2.03. The van der Waals surface area contributed by atoms with Crippen molar-refractivity contribution in [1.82, 2.24) is 4.98 Å². The van der Waals surface area contributed by atoms with Gasteiger partial charge in [0.05, 0.1) is 17.3 Å². The second-order valence-corrected chi connectivity index (χ2v) is 4.93. The topological polar surface area (TPSA) is 72.0 Å². The molecule has 5 heteroatoms. The van der Waals surface area contributed by atoms with E-state index < -0.39 is 0 Å². The fraction of sp³-hybridized carbons (Fsp3) is 0.0667. The van der Waals surface area contributed by atoms with Crippen LogP contribution in [0.2, 0.25) is 0 Å². The monoisotopic (exact) mass is 331 g/mol. The van der Waals surface area contributed by atoms with Crippen molar-refractivity contribution in [2.24, 2.45) is 5.73 Å². The molecule has 1 heterocycles. The SMILES string of the molecule is COc1ccc(-c2ccc(C(N)=C(Br)C=N)cc2)cn1. The fourth-order valence-corrected chi connectivity index (χ4v) is 1.96. The summed E-state index contributed by atoms with van der Waals surface area (Å²) in [5, 5.41) is 7.17. The quantitative estimate of drug-likeness (QED) is 0.843. The number of methoxy groups -OCH3 is 1. The summed E-state index contributed by atoms with van der Waals surface area (Å²) in [6, 6.07) is 11.5. The van der Waals surface area contributed by atoms with E-state index in [4.69, 9.17) is 15.9 Å². The number of allylic oxidation sites excluding steroid dienone is 1. The normalized spacial score (nSPS) is 11.7. The van der Waals surface area contributed by atoms with E-state index in [2.05, 4.69) is 20.9 Å². The Morgan fingerprint density at radius 3 is 2.35 bits per heavy atom. The molecule has 0 saturated carbocycles. The molecule has 4 nitrogen and oxygen atoms in total. The van der Waals surface area contributed by atoms with Crippen molar-refractivity contribution in [3.05, 3.63) is 52.6 Å². The molecule has 1 aromatic heterocycles. The van der Waals surface area contributed by atoms with Crippen LogP contribution in [0, 0.1) is 5.41 Å². The molecule has 20 heavy (non-hydrogen) atoms. The van der Waals surface area contributed by atoms with E-state index in [1.807, 2.05) is 36.4 Å². The van der Waals surface area contributed by atoms with E-state index in [1.165, 1.54) is 6.21 Å². The lowest BCUT2D eigenvalue weighted by atomic mass is 10.0. The van der Waals surface area contributed by atoms with Crippen molar-refractivity contribution in [2.75, 3.05) is 7.11 Å². The van der Waals surface area contributed by atoms with E-state index in [-0.39, 0.29) is 0 Å². The molecule has 0 aliphatic carbocycles. The van der Waals surface area contributed by atoms with Crippen molar-refractivity contribution in [3.63, 3.8) is 0 Å². The number of benzene rings is 1. The third kappa shape index (κ3) is 3.05. The van der Waals surface area contributed by atoms with Gasteiger partial charge >= 0.3 is 0 Å². The fourth-order valence-electron chi connectivity index (χ4n) is 1.73. The Morgan fingerprint density at radius 2 is 1.85 bits per heavy atom. The van der Waals surface area contributed by atoms with Gasteiger partial charge in [0.15, 0.2) is 0 Å². The Labute approximate surface area is 125 Å². The summed E-state index contributed by atoms with van der Waals surface area (Å²) in [5.41, 5.74) is 9.39. The van der Waals surface area contributed by atoms with Gasteiger partial charge in [-0.15, -0.1) is 0 Å². The average Bonchev–Trinajstić information content (AvgIpc) is 2.53. The maximum absolute atomic E-state index is 7.17. The largest absolute Gasteiger partial charge is 0.481 e. The minimum Gasteiger partial charge on any atom is -0.481 e. The van der Waals surface area contributed by atoms with Crippen LogP contribution in [0.5, 0.6) is 5.88 Å². The summed E-state index contributed by atoms with van der Waals surface area (Å²) < 4.78 is 5.60. The van der Waals surface area contributed by atoms with Crippen LogP contribution >= 0.6 is 15.9 Å². The minimum absolute atomic E-state index is 0.541. The number of nitrogens with zero attached hydrogens (tertiary/aromatic N) is 1. The molecular formula is C15H14BrN3O. The van der Waals surface area contributed by atoms with E-state index in [9.17, 15) is 0 Å². The third-order valence-corrected chi connectivity index (χ3v) is 3.51. The van der Waals surface area contributed by atoms with Gasteiger partial charge in [0.2, 0.25) is 5.88 Å². The number of rotatable bonds is 4. The Kier molecular flexibility index (Phi) is 4.53. The zero-order valence-electron chi connectivity index (χ0n) is 10.9. The Hall–Kier alpha value is -2.14. The molecule has 0 spiro atoms. The Balaban J connectivity index is 2.30. The third-order valence-electron chi connectivity index (χ3n) is 2.86. The molecule has 1 aromatic carbocycles. The molecule has 0 radical (unpaired) electrons. The smallest absolute Gasteiger partial charge is 0.212 e. The first kappa shape index (κ1) is 14.3. The number of hydrogen-bond donors (Lipinski definition) is 2.